The van der Waals surface area contributed by atoms with Gasteiger partial charge in [-0.05, 0) is 37.0 Å². The van der Waals surface area contributed by atoms with Crippen LogP contribution in [0.3, 0.4) is 0 Å². The summed E-state index contributed by atoms with van der Waals surface area (Å²) in [6.07, 6.45) is 6.04. The smallest absolute Gasteiger partial charge is 0.198 e. The van der Waals surface area contributed by atoms with Gasteiger partial charge < -0.3 is 10.2 Å². The van der Waals surface area contributed by atoms with Gasteiger partial charge in [0.1, 0.15) is 0 Å². The van der Waals surface area contributed by atoms with E-state index in [9.17, 15) is 9.90 Å². The quantitative estimate of drug-likeness (QED) is 0.556. The van der Waals surface area contributed by atoms with E-state index >= 15 is 0 Å². The first-order valence-electron chi connectivity index (χ1n) is 5.10. The molecule has 0 bridgehead atoms. The summed E-state index contributed by atoms with van der Waals surface area (Å²) in [4.78, 5) is 9.93. The molecular weight excluding hydrogens is 192 g/mol. The number of benzene rings is 1. The van der Waals surface area contributed by atoms with Gasteiger partial charge in [-0.25, -0.2) is 0 Å². The number of phenols is 2. The SMILES string of the molecule is O=[C]CCCCCc1ccc(O)c(O)c1. The lowest BCUT2D eigenvalue weighted by Gasteiger charge is -2.02. The number of hydrogen-bond donors (Lipinski definition) is 2. The highest BCUT2D eigenvalue weighted by Crippen LogP contribution is 2.25. The first kappa shape index (κ1) is 11.6. The van der Waals surface area contributed by atoms with Crippen LogP contribution in [0.4, 0.5) is 0 Å². The first-order chi connectivity index (χ1) is 7.24. The molecule has 1 radical (unpaired) electrons. The fourth-order valence-electron chi connectivity index (χ4n) is 1.43. The highest BCUT2D eigenvalue weighted by atomic mass is 16.3. The van der Waals surface area contributed by atoms with Crippen LogP contribution in [0, 0.1) is 0 Å². The molecule has 0 amide bonds. The number of aromatic hydroxyl groups is 2. The van der Waals surface area contributed by atoms with E-state index in [1.54, 1.807) is 12.1 Å². The third-order valence-corrected chi connectivity index (χ3v) is 2.28. The minimum Gasteiger partial charge on any atom is -0.504 e. The molecule has 0 saturated carbocycles. The van der Waals surface area contributed by atoms with Crippen LogP contribution in [0.5, 0.6) is 11.5 Å². The van der Waals surface area contributed by atoms with E-state index in [2.05, 4.69) is 0 Å². The topological polar surface area (TPSA) is 57.5 Å². The molecule has 0 atom stereocenters. The Kier molecular flexibility index (Phi) is 4.68. The van der Waals surface area contributed by atoms with Crippen molar-refractivity contribution in [3.63, 3.8) is 0 Å². The summed E-state index contributed by atoms with van der Waals surface area (Å²) >= 11 is 0. The predicted octanol–water partition coefficient (Wildman–Crippen LogP) is 2.31. The Bertz CT molecular complexity index is 321. The zero-order chi connectivity index (χ0) is 11.1. The van der Waals surface area contributed by atoms with E-state index in [4.69, 9.17) is 5.11 Å². The Hall–Kier alpha value is -1.51. The van der Waals surface area contributed by atoms with E-state index < -0.39 is 0 Å². The lowest BCUT2D eigenvalue weighted by molar-refractivity contribution is 0.403. The van der Waals surface area contributed by atoms with E-state index in [0.29, 0.717) is 6.42 Å². The van der Waals surface area contributed by atoms with Gasteiger partial charge in [0.05, 0.1) is 0 Å². The minimum atomic E-state index is -0.0886. The second-order valence-corrected chi connectivity index (χ2v) is 3.53. The van der Waals surface area contributed by atoms with Crippen molar-refractivity contribution in [2.24, 2.45) is 0 Å². The average Bonchev–Trinajstić information content (AvgIpc) is 2.23. The van der Waals surface area contributed by atoms with Crippen molar-refractivity contribution >= 4 is 6.29 Å². The third kappa shape index (κ3) is 4.02. The highest BCUT2D eigenvalue weighted by Gasteiger charge is 2.00. The van der Waals surface area contributed by atoms with Gasteiger partial charge in [-0.2, -0.15) is 0 Å². The number of aryl methyl sites for hydroxylation is 1. The maximum atomic E-state index is 9.93. The van der Waals surface area contributed by atoms with Crippen molar-refractivity contribution in [1.82, 2.24) is 0 Å². The molecule has 2 N–H and O–H groups in total. The van der Waals surface area contributed by atoms with Gasteiger partial charge in [0.15, 0.2) is 17.8 Å². The van der Waals surface area contributed by atoms with Crippen molar-refractivity contribution in [1.29, 1.82) is 0 Å². The summed E-state index contributed by atoms with van der Waals surface area (Å²) in [7, 11) is 0. The number of unbranched alkanes of at least 4 members (excludes halogenated alkanes) is 3. The largest absolute Gasteiger partial charge is 0.504 e. The number of hydrogen-bond acceptors (Lipinski definition) is 3. The van der Waals surface area contributed by atoms with Crippen LogP contribution in [-0.4, -0.2) is 16.5 Å². The fourth-order valence-corrected chi connectivity index (χ4v) is 1.43. The van der Waals surface area contributed by atoms with Gasteiger partial charge in [0.25, 0.3) is 0 Å². The molecule has 0 aliphatic rings. The number of rotatable bonds is 6. The van der Waals surface area contributed by atoms with Crippen LogP contribution in [0.2, 0.25) is 0 Å². The van der Waals surface area contributed by atoms with E-state index in [1.165, 1.54) is 6.07 Å². The van der Waals surface area contributed by atoms with Gasteiger partial charge in [0.2, 0.25) is 0 Å². The molecule has 3 nitrogen and oxygen atoms in total. The Labute approximate surface area is 89.4 Å². The monoisotopic (exact) mass is 207 g/mol. The van der Waals surface area contributed by atoms with Crippen LogP contribution >= 0.6 is 0 Å². The highest BCUT2D eigenvalue weighted by molar-refractivity contribution is 5.50. The normalized spacial score (nSPS) is 10.1. The Morgan fingerprint density at radius 2 is 1.87 bits per heavy atom. The molecule has 0 spiro atoms. The van der Waals surface area contributed by atoms with Crippen LogP contribution in [0.15, 0.2) is 18.2 Å². The molecule has 0 aliphatic heterocycles. The van der Waals surface area contributed by atoms with Crippen molar-refractivity contribution in [2.45, 2.75) is 32.1 Å². The third-order valence-electron chi connectivity index (χ3n) is 2.28. The molecule has 0 unspecified atom stereocenters. The predicted molar refractivity (Wildman–Crippen MR) is 57.6 cm³/mol. The zero-order valence-electron chi connectivity index (χ0n) is 8.57. The lowest BCUT2D eigenvalue weighted by Crippen LogP contribution is -1.86. The van der Waals surface area contributed by atoms with Crippen molar-refractivity contribution in [2.75, 3.05) is 0 Å². The zero-order valence-corrected chi connectivity index (χ0v) is 8.57. The molecule has 1 aromatic carbocycles. The van der Waals surface area contributed by atoms with Crippen LogP contribution in [-0.2, 0) is 11.2 Å². The molecule has 1 aromatic rings. The van der Waals surface area contributed by atoms with Crippen molar-refractivity contribution < 1.29 is 15.0 Å². The molecule has 0 fully saturated rings. The molecule has 15 heavy (non-hydrogen) atoms. The van der Waals surface area contributed by atoms with E-state index in [1.807, 2.05) is 6.29 Å². The summed E-state index contributed by atoms with van der Waals surface area (Å²) in [5.74, 6) is -0.164. The molecule has 0 saturated heterocycles. The van der Waals surface area contributed by atoms with Gasteiger partial charge in [-0.1, -0.05) is 12.5 Å². The van der Waals surface area contributed by atoms with Crippen LogP contribution in [0.25, 0.3) is 0 Å². The lowest BCUT2D eigenvalue weighted by atomic mass is 10.1. The maximum absolute atomic E-state index is 9.93. The molecule has 0 aromatic heterocycles. The standard InChI is InChI=1S/C12H15O3/c13-8-4-2-1-3-5-10-6-7-11(14)12(15)9-10/h6-7,9,14-15H,1-5H2. The number of carbonyl (C=O) groups excluding carboxylic acids is 1. The Balaban J connectivity index is 2.31. The Morgan fingerprint density at radius 3 is 2.53 bits per heavy atom. The van der Waals surface area contributed by atoms with Gasteiger partial charge in [-0.3, -0.25) is 4.79 Å². The maximum Gasteiger partial charge on any atom is 0.198 e. The summed E-state index contributed by atoms with van der Waals surface area (Å²) < 4.78 is 0. The second kappa shape index (κ2) is 6.06. The summed E-state index contributed by atoms with van der Waals surface area (Å²) in [5.41, 5.74) is 1.00. The molecule has 81 valence electrons. The molecule has 0 heterocycles. The van der Waals surface area contributed by atoms with Crippen LogP contribution in [0.1, 0.15) is 31.2 Å². The molecule has 1 rings (SSSR count). The summed E-state index contributed by atoms with van der Waals surface area (Å²) in [5, 5.41) is 18.3. The molecule has 3 heteroatoms. The van der Waals surface area contributed by atoms with E-state index in [-0.39, 0.29) is 11.5 Å². The Morgan fingerprint density at radius 1 is 1.07 bits per heavy atom. The van der Waals surface area contributed by atoms with Crippen molar-refractivity contribution in [3.8, 4) is 11.5 Å². The minimum absolute atomic E-state index is 0.0753. The van der Waals surface area contributed by atoms with Crippen molar-refractivity contribution in [3.05, 3.63) is 23.8 Å². The van der Waals surface area contributed by atoms with Gasteiger partial charge in [0, 0.05) is 6.42 Å². The molecular formula is C12H15O3. The summed E-state index contributed by atoms with van der Waals surface area (Å²) in [6, 6.07) is 4.85. The number of phenolic OH excluding ortho intramolecular Hbond substituents is 2. The van der Waals surface area contributed by atoms with E-state index in [0.717, 1.165) is 31.2 Å². The van der Waals surface area contributed by atoms with Crippen LogP contribution < -0.4 is 0 Å². The first-order valence-corrected chi connectivity index (χ1v) is 5.10. The van der Waals surface area contributed by atoms with Gasteiger partial charge >= 0.3 is 0 Å². The fraction of sp³-hybridized carbons (Fsp3) is 0.417. The van der Waals surface area contributed by atoms with Gasteiger partial charge in [-0.15, -0.1) is 0 Å². The second-order valence-electron chi connectivity index (χ2n) is 3.53. The average molecular weight is 207 g/mol. The summed E-state index contributed by atoms with van der Waals surface area (Å²) in [6.45, 7) is 0. The molecule has 0 aliphatic carbocycles.